The molecule has 8 atom stereocenters. The third kappa shape index (κ3) is 2.28. The number of hydrogen-bond donors (Lipinski definition) is 1. The highest BCUT2D eigenvalue weighted by Gasteiger charge is 2.59. The Hall–Kier alpha value is -0.340. The van der Waals surface area contributed by atoms with Gasteiger partial charge in [-0.05, 0) is 92.8 Å². The summed E-state index contributed by atoms with van der Waals surface area (Å²) in [6.07, 6.45) is 13.2. The van der Waals surface area contributed by atoms with E-state index < -0.39 is 0 Å². The summed E-state index contributed by atoms with van der Waals surface area (Å²) in [6.45, 7) is 7.09. The summed E-state index contributed by atoms with van der Waals surface area (Å²) in [5.74, 6) is 3.05. The first kappa shape index (κ1) is 17.1. The third-order valence-electron chi connectivity index (χ3n) is 9.05. The van der Waals surface area contributed by atoms with E-state index in [-0.39, 0.29) is 6.10 Å². The Morgan fingerprint density at radius 2 is 1.92 bits per heavy atom. The maximum Gasteiger partial charge on any atom is 0.0608 e. The number of fused-ring (bicyclic) bond motifs is 5. The van der Waals surface area contributed by atoms with Crippen LogP contribution in [0.15, 0.2) is 11.6 Å². The zero-order valence-corrected chi connectivity index (χ0v) is 16.1. The normalized spacial score (nSPS) is 52.0. The second-order valence-corrected chi connectivity index (χ2v) is 9.83. The summed E-state index contributed by atoms with van der Waals surface area (Å²) in [6, 6.07) is 0. The summed E-state index contributed by atoms with van der Waals surface area (Å²) in [7, 11) is 1.88. The van der Waals surface area contributed by atoms with E-state index in [9.17, 15) is 5.11 Å². The van der Waals surface area contributed by atoms with Gasteiger partial charge in [0.2, 0.25) is 0 Å². The number of allylic oxidation sites excluding steroid dienone is 1. The van der Waals surface area contributed by atoms with E-state index in [2.05, 4.69) is 19.9 Å². The van der Waals surface area contributed by atoms with Crippen LogP contribution in [0.4, 0.5) is 0 Å². The maximum atomic E-state index is 10.3. The first-order valence-corrected chi connectivity index (χ1v) is 10.3. The van der Waals surface area contributed by atoms with Gasteiger partial charge in [-0.15, -0.1) is 0 Å². The summed E-state index contributed by atoms with van der Waals surface area (Å²) in [4.78, 5) is 0. The lowest BCUT2D eigenvalue weighted by molar-refractivity contribution is -0.0696. The van der Waals surface area contributed by atoms with Crippen LogP contribution in [0.3, 0.4) is 0 Å². The summed E-state index contributed by atoms with van der Waals surface area (Å²) < 4.78 is 5.68. The fourth-order valence-electron chi connectivity index (χ4n) is 7.66. The average molecular weight is 333 g/mol. The molecule has 2 heteroatoms. The molecule has 136 valence electrons. The van der Waals surface area contributed by atoms with Crippen LogP contribution >= 0.6 is 0 Å². The molecule has 8 unspecified atom stereocenters. The lowest BCUT2D eigenvalue weighted by Gasteiger charge is -2.58. The molecule has 0 amide bonds. The zero-order chi connectivity index (χ0) is 17.1. The van der Waals surface area contributed by atoms with Crippen LogP contribution in [0.5, 0.6) is 0 Å². The number of rotatable bonds is 2. The molecule has 0 aromatic rings. The Labute approximate surface area is 148 Å². The van der Waals surface area contributed by atoms with Gasteiger partial charge in [0.1, 0.15) is 0 Å². The van der Waals surface area contributed by atoms with Gasteiger partial charge in [0.05, 0.1) is 12.2 Å². The van der Waals surface area contributed by atoms with Gasteiger partial charge in [0, 0.05) is 7.11 Å². The van der Waals surface area contributed by atoms with Gasteiger partial charge in [0.25, 0.3) is 0 Å². The fraction of sp³-hybridized carbons (Fsp3) is 0.909. The number of ether oxygens (including phenoxy) is 1. The number of aliphatic hydroxyl groups excluding tert-OH is 1. The number of methoxy groups -OCH3 is 1. The molecule has 4 aliphatic carbocycles. The van der Waals surface area contributed by atoms with Crippen LogP contribution in [-0.4, -0.2) is 24.4 Å². The molecular weight excluding hydrogens is 296 g/mol. The zero-order valence-electron chi connectivity index (χ0n) is 16.1. The Bertz CT molecular complexity index is 524. The second kappa shape index (κ2) is 5.84. The van der Waals surface area contributed by atoms with Crippen LogP contribution in [0.25, 0.3) is 0 Å². The quantitative estimate of drug-likeness (QED) is 0.724. The molecule has 4 rings (SSSR count). The molecule has 4 aliphatic rings. The Balaban J connectivity index is 1.62. The van der Waals surface area contributed by atoms with Crippen molar-refractivity contribution in [1.82, 2.24) is 0 Å². The molecule has 0 spiro atoms. The molecule has 3 fully saturated rings. The Kier molecular flexibility index (Phi) is 4.16. The molecule has 0 bridgehead atoms. The summed E-state index contributed by atoms with van der Waals surface area (Å²) >= 11 is 0. The topological polar surface area (TPSA) is 29.5 Å². The van der Waals surface area contributed by atoms with Crippen LogP contribution in [0.2, 0.25) is 0 Å². The first-order valence-electron chi connectivity index (χ1n) is 10.3. The predicted molar refractivity (Wildman–Crippen MR) is 97.7 cm³/mol. The highest BCUT2D eigenvalue weighted by Crippen LogP contribution is 2.66. The van der Waals surface area contributed by atoms with E-state index in [4.69, 9.17) is 4.74 Å². The number of aliphatic hydroxyl groups is 1. The lowest BCUT2D eigenvalue weighted by atomic mass is 9.47. The van der Waals surface area contributed by atoms with E-state index in [0.717, 1.165) is 24.2 Å². The number of hydrogen-bond acceptors (Lipinski definition) is 2. The van der Waals surface area contributed by atoms with Gasteiger partial charge in [-0.3, -0.25) is 0 Å². The van der Waals surface area contributed by atoms with Crippen LogP contribution < -0.4 is 0 Å². The molecule has 2 nitrogen and oxygen atoms in total. The van der Waals surface area contributed by atoms with Crippen LogP contribution in [0.1, 0.15) is 72.1 Å². The smallest absolute Gasteiger partial charge is 0.0608 e. The van der Waals surface area contributed by atoms with E-state index in [0.29, 0.717) is 22.9 Å². The fourth-order valence-corrected chi connectivity index (χ4v) is 7.66. The standard InChI is InChI=1S/C22H36O2/c1-14(23)18-7-8-19-17-6-5-15-13-16(24-4)9-11-21(15,2)20(17)10-12-22(18,19)3/h5,14,16-20,23H,6-13H2,1-4H3. The van der Waals surface area contributed by atoms with Gasteiger partial charge in [0.15, 0.2) is 0 Å². The van der Waals surface area contributed by atoms with Crippen molar-refractivity contribution in [2.24, 2.45) is 34.5 Å². The predicted octanol–water partition coefficient (Wildman–Crippen LogP) is 4.96. The molecule has 0 radical (unpaired) electrons. The lowest BCUT2D eigenvalue weighted by Crippen LogP contribution is -2.51. The maximum absolute atomic E-state index is 10.3. The monoisotopic (exact) mass is 332 g/mol. The third-order valence-corrected chi connectivity index (χ3v) is 9.05. The highest BCUT2D eigenvalue weighted by molar-refractivity contribution is 5.25. The van der Waals surface area contributed by atoms with Crippen molar-refractivity contribution in [2.45, 2.75) is 84.3 Å². The van der Waals surface area contributed by atoms with E-state index in [1.54, 1.807) is 5.57 Å². The molecular formula is C22H36O2. The molecule has 24 heavy (non-hydrogen) atoms. The second-order valence-electron chi connectivity index (χ2n) is 9.83. The van der Waals surface area contributed by atoms with E-state index >= 15 is 0 Å². The minimum absolute atomic E-state index is 0.140. The molecule has 0 saturated heterocycles. The molecule has 3 saturated carbocycles. The van der Waals surface area contributed by atoms with Crippen molar-refractivity contribution >= 4 is 0 Å². The molecule has 0 heterocycles. The van der Waals surface area contributed by atoms with Crippen LogP contribution in [-0.2, 0) is 4.74 Å². The summed E-state index contributed by atoms with van der Waals surface area (Å²) in [5.41, 5.74) is 2.50. The van der Waals surface area contributed by atoms with Gasteiger partial charge in [-0.25, -0.2) is 0 Å². The van der Waals surface area contributed by atoms with Crippen molar-refractivity contribution in [3.8, 4) is 0 Å². The minimum atomic E-state index is -0.140. The van der Waals surface area contributed by atoms with Crippen LogP contribution in [0, 0.1) is 34.5 Å². The Morgan fingerprint density at radius 3 is 2.62 bits per heavy atom. The first-order chi connectivity index (χ1) is 11.4. The minimum Gasteiger partial charge on any atom is -0.393 e. The molecule has 0 aromatic heterocycles. The highest BCUT2D eigenvalue weighted by atomic mass is 16.5. The molecule has 1 N–H and O–H groups in total. The van der Waals surface area contributed by atoms with E-state index in [1.165, 1.54) is 44.9 Å². The van der Waals surface area contributed by atoms with Crippen molar-refractivity contribution in [3.63, 3.8) is 0 Å². The summed E-state index contributed by atoms with van der Waals surface area (Å²) in [5, 5.41) is 10.3. The van der Waals surface area contributed by atoms with Gasteiger partial charge >= 0.3 is 0 Å². The Morgan fingerprint density at radius 1 is 1.12 bits per heavy atom. The van der Waals surface area contributed by atoms with Crippen molar-refractivity contribution in [3.05, 3.63) is 11.6 Å². The molecule has 0 aliphatic heterocycles. The van der Waals surface area contributed by atoms with Crippen molar-refractivity contribution < 1.29 is 9.84 Å². The van der Waals surface area contributed by atoms with Gasteiger partial charge in [-0.2, -0.15) is 0 Å². The van der Waals surface area contributed by atoms with Gasteiger partial charge < -0.3 is 9.84 Å². The SMILES string of the molecule is COC1CCC2(C)C(=CCC3C2CCC2(C)C(C(C)O)CCC32)C1. The van der Waals surface area contributed by atoms with Gasteiger partial charge in [-0.1, -0.05) is 25.5 Å². The van der Waals surface area contributed by atoms with E-state index in [1.807, 2.05) is 14.0 Å². The largest absolute Gasteiger partial charge is 0.393 e. The molecule has 0 aromatic carbocycles. The van der Waals surface area contributed by atoms with Crippen molar-refractivity contribution in [1.29, 1.82) is 0 Å². The average Bonchev–Trinajstić information content (AvgIpc) is 2.91. The van der Waals surface area contributed by atoms with Crippen molar-refractivity contribution in [2.75, 3.05) is 7.11 Å².